The van der Waals surface area contributed by atoms with Crippen LogP contribution in [0.5, 0.6) is 0 Å². The third kappa shape index (κ3) is 4.70. The largest absolute Gasteiger partial charge is 0.289 e. The molecule has 144 valence electrons. The SMILES string of the molecule is C=C(C)C(=O)c1c(Br)cc(C(=O)c2cc(Br)c(C(=O)C(=C)C)c(Br)c2)cc1Br. The highest BCUT2D eigenvalue weighted by molar-refractivity contribution is 9.11. The summed E-state index contributed by atoms with van der Waals surface area (Å²) in [4.78, 5) is 37.6. The maximum absolute atomic E-state index is 13.0. The number of carbonyl (C=O) groups is 3. The third-order valence-corrected chi connectivity index (χ3v) is 6.34. The molecule has 28 heavy (non-hydrogen) atoms. The van der Waals surface area contributed by atoms with Crippen LogP contribution in [0, 0.1) is 0 Å². The van der Waals surface area contributed by atoms with Crippen molar-refractivity contribution in [3.63, 3.8) is 0 Å². The van der Waals surface area contributed by atoms with Gasteiger partial charge >= 0.3 is 0 Å². The molecule has 0 amide bonds. The van der Waals surface area contributed by atoms with E-state index in [4.69, 9.17) is 0 Å². The number of Topliss-reactive ketones (excluding diaryl/α,β-unsaturated/α-hetero) is 2. The van der Waals surface area contributed by atoms with Gasteiger partial charge in [-0.1, -0.05) is 13.2 Å². The smallest absolute Gasteiger partial charge is 0.193 e. The first-order valence-corrected chi connectivity index (χ1v) is 11.1. The molecule has 0 saturated carbocycles. The second kappa shape index (κ2) is 9.11. The summed E-state index contributed by atoms with van der Waals surface area (Å²) in [5, 5.41) is 0. The van der Waals surface area contributed by atoms with Gasteiger partial charge in [-0.2, -0.15) is 0 Å². The Morgan fingerprint density at radius 1 is 0.643 bits per heavy atom. The number of rotatable bonds is 6. The van der Waals surface area contributed by atoms with Crippen LogP contribution in [0.15, 0.2) is 66.5 Å². The van der Waals surface area contributed by atoms with Crippen molar-refractivity contribution in [1.82, 2.24) is 0 Å². The average molecular weight is 634 g/mol. The normalized spacial score (nSPS) is 10.5. The zero-order valence-electron chi connectivity index (χ0n) is 15.0. The van der Waals surface area contributed by atoms with E-state index >= 15 is 0 Å². The van der Waals surface area contributed by atoms with Crippen LogP contribution in [0.4, 0.5) is 0 Å². The van der Waals surface area contributed by atoms with Crippen molar-refractivity contribution in [2.24, 2.45) is 0 Å². The van der Waals surface area contributed by atoms with Gasteiger partial charge in [-0.15, -0.1) is 0 Å². The lowest BCUT2D eigenvalue weighted by Crippen LogP contribution is -2.08. The molecule has 0 atom stereocenters. The van der Waals surface area contributed by atoms with Crippen molar-refractivity contribution >= 4 is 81.1 Å². The Kier molecular flexibility index (Phi) is 7.53. The predicted octanol–water partition coefficient (Wildman–Crippen LogP) is 7.49. The summed E-state index contributed by atoms with van der Waals surface area (Å²) < 4.78 is 1.96. The molecule has 2 rings (SSSR count). The molecular formula is C21H14Br4O3. The first-order valence-electron chi connectivity index (χ1n) is 7.88. The van der Waals surface area contributed by atoms with Gasteiger partial charge in [-0.3, -0.25) is 14.4 Å². The summed E-state index contributed by atoms with van der Waals surface area (Å²) in [5.41, 5.74) is 2.38. The molecule has 0 aromatic heterocycles. The van der Waals surface area contributed by atoms with Crippen LogP contribution in [-0.4, -0.2) is 17.3 Å². The number of hydrogen-bond donors (Lipinski definition) is 0. The molecule has 0 aliphatic heterocycles. The average Bonchev–Trinajstić information content (AvgIpc) is 2.59. The predicted molar refractivity (Wildman–Crippen MR) is 125 cm³/mol. The van der Waals surface area contributed by atoms with E-state index < -0.39 is 0 Å². The van der Waals surface area contributed by atoms with Crippen LogP contribution in [0.2, 0.25) is 0 Å². The molecular weight excluding hydrogens is 620 g/mol. The molecule has 0 bridgehead atoms. The highest BCUT2D eigenvalue weighted by Gasteiger charge is 2.22. The van der Waals surface area contributed by atoms with E-state index in [0.29, 0.717) is 51.3 Å². The zero-order chi connectivity index (χ0) is 21.3. The van der Waals surface area contributed by atoms with E-state index in [0.717, 1.165) is 0 Å². The fourth-order valence-electron chi connectivity index (χ4n) is 2.44. The summed E-state index contributed by atoms with van der Waals surface area (Å²) in [7, 11) is 0. The van der Waals surface area contributed by atoms with E-state index in [2.05, 4.69) is 76.9 Å². The number of allylic oxidation sites excluding steroid dienone is 2. The van der Waals surface area contributed by atoms with Crippen LogP contribution in [0.3, 0.4) is 0 Å². The van der Waals surface area contributed by atoms with Crippen LogP contribution < -0.4 is 0 Å². The number of ketones is 3. The fourth-order valence-corrected chi connectivity index (χ4v) is 5.53. The highest BCUT2D eigenvalue weighted by atomic mass is 79.9. The lowest BCUT2D eigenvalue weighted by molar-refractivity contribution is 0.102. The lowest BCUT2D eigenvalue weighted by Gasteiger charge is -2.12. The summed E-state index contributed by atoms with van der Waals surface area (Å²) in [6, 6.07) is 6.38. The van der Waals surface area contributed by atoms with E-state index in [1.54, 1.807) is 38.1 Å². The molecule has 0 N–H and O–H groups in total. The molecule has 0 aliphatic rings. The molecule has 0 saturated heterocycles. The molecule has 2 aromatic carbocycles. The first-order chi connectivity index (χ1) is 13.0. The van der Waals surface area contributed by atoms with Gasteiger partial charge in [0.05, 0.1) is 11.1 Å². The van der Waals surface area contributed by atoms with Gasteiger partial charge in [0, 0.05) is 29.0 Å². The monoisotopic (exact) mass is 630 g/mol. The van der Waals surface area contributed by atoms with Crippen LogP contribution in [0.25, 0.3) is 0 Å². The minimum absolute atomic E-state index is 0.217. The molecule has 0 spiro atoms. The van der Waals surface area contributed by atoms with Crippen LogP contribution in [-0.2, 0) is 0 Å². The molecule has 2 aromatic rings. The third-order valence-electron chi connectivity index (χ3n) is 3.84. The molecule has 3 nitrogen and oxygen atoms in total. The van der Waals surface area contributed by atoms with Gasteiger partial charge in [0.2, 0.25) is 0 Å². The highest BCUT2D eigenvalue weighted by Crippen LogP contribution is 2.33. The Morgan fingerprint density at radius 2 is 0.893 bits per heavy atom. The molecule has 0 radical (unpaired) electrons. The van der Waals surface area contributed by atoms with Gasteiger partial charge in [0.15, 0.2) is 17.3 Å². The Bertz CT molecular complexity index is 938. The fraction of sp³-hybridized carbons (Fsp3) is 0.0952. The summed E-state index contributed by atoms with van der Waals surface area (Å²) >= 11 is 13.5. The summed E-state index contributed by atoms with van der Waals surface area (Å²) in [6.45, 7) is 10.6. The lowest BCUT2D eigenvalue weighted by atomic mass is 9.97. The van der Waals surface area contributed by atoms with E-state index in [1.165, 1.54) is 0 Å². The standard InChI is InChI=1S/C21H14Br4O3/c1-9(2)19(26)17-13(22)5-11(6-14(17)23)21(28)12-7-15(24)18(16(25)8-12)20(27)10(3)4/h5-8H,1,3H2,2,4H3. The quantitative estimate of drug-likeness (QED) is 0.245. The summed E-state index contributed by atoms with van der Waals surface area (Å²) in [5.74, 6) is -0.691. The maximum atomic E-state index is 13.0. The van der Waals surface area contributed by atoms with E-state index in [1.807, 2.05) is 0 Å². The molecule has 0 aliphatic carbocycles. The van der Waals surface area contributed by atoms with Crippen molar-refractivity contribution in [2.75, 3.05) is 0 Å². The van der Waals surface area contributed by atoms with Gasteiger partial charge in [0.1, 0.15) is 0 Å². The number of halogens is 4. The van der Waals surface area contributed by atoms with Crippen molar-refractivity contribution < 1.29 is 14.4 Å². The van der Waals surface area contributed by atoms with Crippen molar-refractivity contribution in [2.45, 2.75) is 13.8 Å². The second-order valence-corrected chi connectivity index (χ2v) is 9.60. The first kappa shape index (κ1) is 23.1. The molecule has 7 heteroatoms. The van der Waals surface area contributed by atoms with Crippen molar-refractivity contribution in [3.8, 4) is 0 Å². The van der Waals surface area contributed by atoms with Gasteiger partial charge in [-0.25, -0.2) is 0 Å². The number of carbonyl (C=O) groups excluding carboxylic acids is 3. The Hall–Kier alpha value is -1.15. The second-order valence-electron chi connectivity index (χ2n) is 6.18. The van der Waals surface area contributed by atoms with Crippen molar-refractivity contribution in [1.29, 1.82) is 0 Å². The van der Waals surface area contributed by atoms with Crippen molar-refractivity contribution in [3.05, 3.63) is 88.7 Å². The van der Waals surface area contributed by atoms with Crippen LogP contribution >= 0.6 is 63.7 Å². The number of hydrogen-bond acceptors (Lipinski definition) is 3. The van der Waals surface area contributed by atoms with Gasteiger partial charge in [0.25, 0.3) is 0 Å². The maximum Gasteiger partial charge on any atom is 0.193 e. The molecule has 0 heterocycles. The van der Waals surface area contributed by atoms with E-state index in [9.17, 15) is 14.4 Å². The molecule has 0 unspecified atom stereocenters. The Balaban J connectivity index is 2.53. The number of benzene rings is 2. The zero-order valence-corrected chi connectivity index (χ0v) is 21.3. The van der Waals surface area contributed by atoms with Gasteiger partial charge in [-0.05, 0) is 113 Å². The Morgan fingerprint density at radius 3 is 1.11 bits per heavy atom. The van der Waals surface area contributed by atoms with Gasteiger partial charge < -0.3 is 0 Å². The topological polar surface area (TPSA) is 51.2 Å². The minimum Gasteiger partial charge on any atom is -0.289 e. The minimum atomic E-state index is -0.258. The van der Waals surface area contributed by atoms with E-state index in [-0.39, 0.29) is 17.3 Å². The van der Waals surface area contributed by atoms with Crippen LogP contribution in [0.1, 0.15) is 50.5 Å². The summed E-state index contributed by atoms with van der Waals surface area (Å²) in [6.07, 6.45) is 0. The molecule has 0 fully saturated rings. The Labute approximate surface area is 196 Å².